The van der Waals surface area contributed by atoms with E-state index in [-0.39, 0.29) is 19.5 Å². The van der Waals surface area contributed by atoms with Crippen molar-refractivity contribution in [2.75, 3.05) is 19.6 Å². The van der Waals surface area contributed by atoms with Crippen LogP contribution in [0.3, 0.4) is 0 Å². The number of halogens is 2. The Balaban J connectivity index is 2.65. The average Bonchev–Trinajstić information content (AvgIpc) is 2.16. The van der Waals surface area contributed by atoms with Gasteiger partial charge in [0.25, 0.3) is 6.43 Å². The second-order valence-corrected chi connectivity index (χ2v) is 3.83. The summed E-state index contributed by atoms with van der Waals surface area (Å²) >= 11 is 0. The highest BCUT2D eigenvalue weighted by molar-refractivity contribution is 5.80. The third kappa shape index (κ3) is 3.13. The van der Waals surface area contributed by atoms with Gasteiger partial charge in [-0.1, -0.05) is 0 Å². The molecule has 1 fully saturated rings. The zero-order valence-corrected chi connectivity index (χ0v) is 8.47. The van der Waals surface area contributed by atoms with Crippen molar-refractivity contribution in [2.24, 2.45) is 11.8 Å². The van der Waals surface area contributed by atoms with Crippen molar-refractivity contribution >= 4 is 11.9 Å². The van der Waals surface area contributed by atoms with Crippen LogP contribution in [0.15, 0.2) is 0 Å². The van der Waals surface area contributed by atoms with Crippen LogP contribution in [0.5, 0.6) is 0 Å². The van der Waals surface area contributed by atoms with Crippen molar-refractivity contribution in [1.29, 1.82) is 0 Å². The first-order valence-electron chi connectivity index (χ1n) is 4.88. The maximum absolute atomic E-state index is 12.1. The Hall–Kier alpha value is -1.24. The summed E-state index contributed by atoms with van der Waals surface area (Å²) in [4.78, 5) is 22.9. The van der Waals surface area contributed by atoms with Gasteiger partial charge in [-0.25, -0.2) is 8.78 Å². The van der Waals surface area contributed by atoms with Gasteiger partial charge in [-0.3, -0.25) is 14.5 Å². The summed E-state index contributed by atoms with van der Waals surface area (Å²) in [5.41, 5.74) is 0. The predicted octanol–water partition coefficient (Wildman–Crippen LogP) is 0.359. The largest absolute Gasteiger partial charge is 0.481 e. The van der Waals surface area contributed by atoms with Crippen LogP contribution in [0.4, 0.5) is 8.78 Å². The van der Waals surface area contributed by atoms with E-state index in [1.165, 1.54) is 4.90 Å². The van der Waals surface area contributed by atoms with E-state index in [2.05, 4.69) is 0 Å². The summed E-state index contributed by atoms with van der Waals surface area (Å²) in [5.74, 6) is -4.51. The number of alkyl halides is 2. The maximum Gasteiger partial charge on any atom is 0.308 e. The number of hydrogen-bond donors (Lipinski definition) is 2. The fraction of sp³-hybridized carbons (Fsp3) is 0.778. The molecule has 2 N–H and O–H groups in total. The Kier molecular flexibility index (Phi) is 4.17. The lowest BCUT2D eigenvalue weighted by atomic mass is 9.85. The van der Waals surface area contributed by atoms with E-state index in [0.717, 1.165) is 0 Å². The second kappa shape index (κ2) is 5.20. The Labute approximate surface area is 90.7 Å². The number of rotatable bonds is 4. The first-order chi connectivity index (χ1) is 7.41. The van der Waals surface area contributed by atoms with E-state index in [4.69, 9.17) is 10.2 Å². The normalized spacial score (nSPS) is 26.9. The van der Waals surface area contributed by atoms with Crippen molar-refractivity contribution in [1.82, 2.24) is 4.90 Å². The molecule has 0 spiro atoms. The highest BCUT2D eigenvalue weighted by Gasteiger charge is 2.39. The molecule has 0 amide bonds. The van der Waals surface area contributed by atoms with E-state index in [9.17, 15) is 18.4 Å². The molecule has 0 saturated carbocycles. The zero-order chi connectivity index (χ0) is 12.3. The molecule has 0 aromatic heterocycles. The summed E-state index contributed by atoms with van der Waals surface area (Å²) < 4.78 is 24.2. The van der Waals surface area contributed by atoms with E-state index < -0.39 is 36.7 Å². The molecule has 0 aliphatic carbocycles. The molecule has 16 heavy (non-hydrogen) atoms. The lowest BCUT2D eigenvalue weighted by Gasteiger charge is -2.34. The minimum absolute atomic E-state index is 0.0963. The molecule has 1 saturated heterocycles. The van der Waals surface area contributed by atoms with Gasteiger partial charge in [-0.05, 0) is 13.0 Å². The van der Waals surface area contributed by atoms with Crippen molar-refractivity contribution in [3.8, 4) is 0 Å². The minimum Gasteiger partial charge on any atom is -0.481 e. The number of likely N-dealkylation sites (tertiary alicyclic amines) is 1. The smallest absolute Gasteiger partial charge is 0.308 e. The standard InChI is InChI=1S/C9H13F2NO4/c10-7(11)4-12-2-1-5(8(13)14)6(3-12)9(15)16/h5-7H,1-4H2,(H,13,14)(H,15,16). The Morgan fingerprint density at radius 1 is 1.25 bits per heavy atom. The van der Waals surface area contributed by atoms with Gasteiger partial charge >= 0.3 is 11.9 Å². The highest BCUT2D eigenvalue weighted by atomic mass is 19.3. The van der Waals surface area contributed by atoms with E-state index in [1.54, 1.807) is 0 Å². The van der Waals surface area contributed by atoms with Crippen molar-refractivity contribution in [2.45, 2.75) is 12.8 Å². The van der Waals surface area contributed by atoms with Crippen LogP contribution < -0.4 is 0 Å². The number of carbonyl (C=O) groups is 2. The highest BCUT2D eigenvalue weighted by Crippen LogP contribution is 2.24. The molecule has 7 heteroatoms. The zero-order valence-electron chi connectivity index (χ0n) is 8.47. The van der Waals surface area contributed by atoms with Crippen LogP contribution in [0, 0.1) is 11.8 Å². The molecular weight excluding hydrogens is 224 g/mol. The third-order valence-corrected chi connectivity index (χ3v) is 2.73. The van der Waals surface area contributed by atoms with E-state index >= 15 is 0 Å². The summed E-state index contributed by atoms with van der Waals surface area (Å²) in [6.45, 7) is -0.433. The summed E-state index contributed by atoms with van der Waals surface area (Å²) in [6.07, 6.45) is -2.44. The number of piperidine rings is 1. The Morgan fingerprint density at radius 2 is 1.81 bits per heavy atom. The topological polar surface area (TPSA) is 77.8 Å². The molecule has 1 aliphatic rings. The van der Waals surface area contributed by atoms with Gasteiger partial charge in [0.15, 0.2) is 0 Å². The summed E-state index contributed by atoms with van der Waals surface area (Å²) in [7, 11) is 0. The van der Waals surface area contributed by atoms with Gasteiger partial charge in [0.05, 0.1) is 18.4 Å². The second-order valence-electron chi connectivity index (χ2n) is 3.83. The number of nitrogens with zero attached hydrogens (tertiary/aromatic N) is 1. The quantitative estimate of drug-likeness (QED) is 0.738. The first-order valence-corrected chi connectivity index (χ1v) is 4.88. The number of aliphatic carboxylic acids is 2. The monoisotopic (exact) mass is 237 g/mol. The molecule has 0 aromatic rings. The molecule has 5 nitrogen and oxygen atoms in total. The average molecular weight is 237 g/mol. The molecule has 0 bridgehead atoms. The molecular formula is C9H13F2NO4. The predicted molar refractivity (Wildman–Crippen MR) is 49.3 cm³/mol. The molecule has 0 radical (unpaired) electrons. The van der Waals surface area contributed by atoms with Gasteiger partial charge in [0.2, 0.25) is 0 Å². The van der Waals surface area contributed by atoms with Crippen LogP contribution in [0.25, 0.3) is 0 Å². The van der Waals surface area contributed by atoms with Gasteiger partial charge in [0, 0.05) is 6.54 Å². The van der Waals surface area contributed by atoms with Crippen molar-refractivity contribution < 1.29 is 28.6 Å². The van der Waals surface area contributed by atoms with Gasteiger partial charge < -0.3 is 10.2 Å². The van der Waals surface area contributed by atoms with Gasteiger partial charge in [-0.15, -0.1) is 0 Å². The number of carboxylic acids is 2. The van der Waals surface area contributed by atoms with E-state index in [1.807, 2.05) is 0 Å². The van der Waals surface area contributed by atoms with Crippen LogP contribution in [0.1, 0.15) is 6.42 Å². The Bertz CT molecular complexity index is 285. The van der Waals surface area contributed by atoms with Crippen molar-refractivity contribution in [3.63, 3.8) is 0 Å². The lowest BCUT2D eigenvalue weighted by molar-refractivity contribution is -0.157. The molecule has 92 valence electrons. The van der Waals surface area contributed by atoms with E-state index in [0.29, 0.717) is 0 Å². The molecule has 1 heterocycles. The first kappa shape index (κ1) is 12.8. The summed E-state index contributed by atoms with van der Waals surface area (Å²) in [5, 5.41) is 17.6. The number of carboxylic acid groups (broad SMARTS) is 2. The lowest BCUT2D eigenvalue weighted by Crippen LogP contribution is -2.47. The van der Waals surface area contributed by atoms with Crippen LogP contribution in [-0.4, -0.2) is 53.1 Å². The number of hydrogen-bond acceptors (Lipinski definition) is 3. The van der Waals surface area contributed by atoms with Crippen LogP contribution >= 0.6 is 0 Å². The van der Waals surface area contributed by atoms with Crippen molar-refractivity contribution in [3.05, 3.63) is 0 Å². The molecule has 2 atom stereocenters. The fourth-order valence-electron chi connectivity index (χ4n) is 1.93. The molecule has 2 unspecified atom stereocenters. The molecule has 0 aromatic carbocycles. The third-order valence-electron chi connectivity index (χ3n) is 2.73. The van der Waals surface area contributed by atoms with Gasteiger partial charge in [0.1, 0.15) is 0 Å². The molecule has 1 rings (SSSR count). The molecule has 1 aliphatic heterocycles. The van der Waals surface area contributed by atoms with Crippen LogP contribution in [-0.2, 0) is 9.59 Å². The summed E-state index contributed by atoms with van der Waals surface area (Å²) in [6, 6.07) is 0. The minimum atomic E-state index is -2.53. The fourth-order valence-corrected chi connectivity index (χ4v) is 1.93. The Morgan fingerprint density at radius 3 is 2.25 bits per heavy atom. The van der Waals surface area contributed by atoms with Crippen LogP contribution in [0.2, 0.25) is 0 Å². The van der Waals surface area contributed by atoms with Gasteiger partial charge in [-0.2, -0.15) is 0 Å². The maximum atomic E-state index is 12.1. The SMILES string of the molecule is O=C(O)C1CCN(CC(F)F)CC1C(=O)O.